The van der Waals surface area contributed by atoms with Crippen molar-refractivity contribution in [2.45, 2.75) is 27.2 Å². The lowest BCUT2D eigenvalue weighted by molar-refractivity contribution is -0.151. The van der Waals surface area contributed by atoms with Gasteiger partial charge in [0.15, 0.2) is 0 Å². The standard InChI is InChI=1S/C15H20O2S2/c1-4-17-14(16)15(2,3)12-7-5-11(6-8-12)13-18-9-10-19-13/h5,7-8H,4,6,9-10H2,1-3H3. The van der Waals surface area contributed by atoms with E-state index in [4.69, 9.17) is 4.74 Å². The van der Waals surface area contributed by atoms with Crippen LogP contribution in [0.1, 0.15) is 27.2 Å². The van der Waals surface area contributed by atoms with E-state index in [1.165, 1.54) is 21.3 Å². The summed E-state index contributed by atoms with van der Waals surface area (Å²) in [6, 6.07) is 0. The highest BCUT2D eigenvalue weighted by Crippen LogP contribution is 2.42. The minimum Gasteiger partial charge on any atom is -0.465 e. The van der Waals surface area contributed by atoms with Crippen LogP contribution in [0.25, 0.3) is 0 Å². The molecule has 0 aromatic rings. The molecular formula is C15H20O2S2. The van der Waals surface area contributed by atoms with Crippen LogP contribution in [0.5, 0.6) is 0 Å². The molecule has 0 unspecified atom stereocenters. The molecule has 0 spiro atoms. The summed E-state index contributed by atoms with van der Waals surface area (Å²) in [5.74, 6) is 2.27. The van der Waals surface area contributed by atoms with Gasteiger partial charge in [-0.3, -0.25) is 4.79 Å². The Morgan fingerprint density at radius 3 is 2.53 bits per heavy atom. The van der Waals surface area contributed by atoms with Gasteiger partial charge in [0.25, 0.3) is 0 Å². The van der Waals surface area contributed by atoms with E-state index >= 15 is 0 Å². The van der Waals surface area contributed by atoms with Gasteiger partial charge in [-0.05, 0) is 38.3 Å². The van der Waals surface area contributed by atoms with Crippen LogP contribution in [0, 0.1) is 5.41 Å². The van der Waals surface area contributed by atoms with Gasteiger partial charge < -0.3 is 4.74 Å². The maximum absolute atomic E-state index is 12.0. The average Bonchev–Trinajstić information content (AvgIpc) is 2.93. The van der Waals surface area contributed by atoms with Gasteiger partial charge in [-0.1, -0.05) is 18.2 Å². The summed E-state index contributed by atoms with van der Waals surface area (Å²) >= 11 is 3.88. The number of hydrogen-bond donors (Lipinski definition) is 0. The molecule has 2 nitrogen and oxygen atoms in total. The van der Waals surface area contributed by atoms with Crippen molar-refractivity contribution in [3.8, 4) is 0 Å². The molecule has 0 aromatic heterocycles. The Labute approximate surface area is 123 Å². The molecule has 2 aliphatic rings. The van der Waals surface area contributed by atoms with Crippen molar-refractivity contribution >= 4 is 29.5 Å². The fraction of sp³-hybridized carbons (Fsp3) is 0.533. The number of ether oxygens (including phenoxy) is 1. The maximum Gasteiger partial charge on any atom is 0.315 e. The van der Waals surface area contributed by atoms with Crippen LogP contribution in [0.3, 0.4) is 0 Å². The van der Waals surface area contributed by atoms with Crippen molar-refractivity contribution < 1.29 is 9.53 Å². The fourth-order valence-corrected chi connectivity index (χ4v) is 4.63. The van der Waals surface area contributed by atoms with Crippen molar-refractivity contribution in [2.24, 2.45) is 5.41 Å². The quantitative estimate of drug-likeness (QED) is 0.731. The van der Waals surface area contributed by atoms with Crippen molar-refractivity contribution in [3.05, 3.63) is 33.6 Å². The van der Waals surface area contributed by atoms with E-state index in [2.05, 4.69) is 18.2 Å². The molecule has 4 heteroatoms. The van der Waals surface area contributed by atoms with Gasteiger partial charge in [0.1, 0.15) is 0 Å². The van der Waals surface area contributed by atoms with Crippen molar-refractivity contribution in [3.63, 3.8) is 0 Å². The summed E-state index contributed by atoms with van der Waals surface area (Å²) in [5, 5.41) is 0. The number of carbonyl (C=O) groups excluding carboxylic acids is 1. The predicted octanol–water partition coefficient (Wildman–Crippen LogP) is 4.15. The number of rotatable bonds is 3. The Hall–Kier alpha value is -0.610. The highest BCUT2D eigenvalue weighted by molar-refractivity contribution is 8.25. The van der Waals surface area contributed by atoms with Crippen LogP contribution in [0.2, 0.25) is 0 Å². The zero-order chi connectivity index (χ0) is 13.9. The molecule has 2 rings (SSSR count). The van der Waals surface area contributed by atoms with E-state index < -0.39 is 5.41 Å². The molecule has 0 atom stereocenters. The van der Waals surface area contributed by atoms with Crippen LogP contribution in [0.15, 0.2) is 33.6 Å². The Bertz CT molecular complexity index is 451. The second kappa shape index (κ2) is 6.23. The lowest BCUT2D eigenvalue weighted by Gasteiger charge is -2.26. The average molecular weight is 296 g/mol. The molecule has 104 valence electrons. The van der Waals surface area contributed by atoms with E-state index in [9.17, 15) is 4.79 Å². The van der Waals surface area contributed by atoms with Gasteiger partial charge >= 0.3 is 5.97 Å². The number of esters is 1. The molecule has 1 saturated heterocycles. The molecule has 0 saturated carbocycles. The smallest absolute Gasteiger partial charge is 0.315 e. The first kappa shape index (κ1) is 14.8. The summed E-state index contributed by atoms with van der Waals surface area (Å²) in [6.45, 7) is 6.13. The third-order valence-electron chi connectivity index (χ3n) is 3.33. The van der Waals surface area contributed by atoms with E-state index in [0.717, 1.165) is 12.0 Å². The zero-order valence-electron chi connectivity index (χ0n) is 11.7. The summed E-state index contributed by atoms with van der Waals surface area (Å²) in [6.07, 6.45) is 7.32. The molecule has 0 amide bonds. The van der Waals surface area contributed by atoms with Gasteiger partial charge in [0.05, 0.1) is 12.0 Å². The van der Waals surface area contributed by atoms with E-state index in [1.54, 1.807) is 0 Å². The van der Waals surface area contributed by atoms with Crippen LogP contribution in [-0.4, -0.2) is 24.1 Å². The molecular weight excluding hydrogens is 276 g/mol. The minimum absolute atomic E-state index is 0.147. The fourth-order valence-electron chi connectivity index (χ4n) is 2.09. The Kier molecular flexibility index (Phi) is 4.85. The third kappa shape index (κ3) is 3.29. The normalized spacial score (nSPS) is 19.6. The second-order valence-electron chi connectivity index (χ2n) is 5.05. The second-order valence-corrected chi connectivity index (χ2v) is 7.52. The third-order valence-corrected chi connectivity index (χ3v) is 6.16. The van der Waals surface area contributed by atoms with E-state index in [0.29, 0.717) is 6.61 Å². The molecule has 1 aliphatic heterocycles. The summed E-state index contributed by atoms with van der Waals surface area (Å²) in [4.78, 5) is 12.0. The SMILES string of the molecule is CCOC(=O)C(C)(C)C1=CCC(=C2SCCS2)C=C1. The lowest BCUT2D eigenvalue weighted by atomic mass is 9.81. The zero-order valence-corrected chi connectivity index (χ0v) is 13.3. The van der Waals surface area contributed by atoms with Crippen LogP contribution in [-0.2, 0) is 9.53 Å². The van der Waals surface area contributed by atoms with Crippen molar-refractivity contribution in [1.29, 1.82) is 0 Å². The Morgan fingerprint density at radius 2 is 2.00 bits per heavy atom. The number of carbonyl (C=O) groups is 1. The number of thioether (sulfide) groups is 2. The molecule has 1 fully saturated rings. The lowest BCUT2D eigenvalue weighted by Crippen LogP contribution is -2.28. The topological polar surface area (TPSA) is 26.3 Å². The van der Waals surface area contributed by atoms with E-state index in [-0.39, 0.29) is 5.97 Å². The molecule has 1 heterocycles. The summed E-state index contributed by atoms with van der Waals surface area (Å²) < 4.78 is 6.60. The Morgan fingerprint density at radius 1 is 1.32 bits per heavy atom. The number of allylic oxidation sites excluding steroid dienone is 4. The van der Waals surface area contributed by atoms with Crippen molar-refractivity contribution in [1.82, 2.24) is 0 Å². The Balaban J connectivity index is 2.11. The van der Waals surface area contributed by atoms with Gasteiger partial charge in [-0.25, -0.2) is 0 Å². The van der Waals surface area contributed by atoms with E-state index in [1.807, 2.05) is 44.3 Å². The van der Waals surface area contributed by atoms with Gasteiger partial charge in [0.2, 0.25) is 0 Å². The van der Waals surface area contributed by atoms with Crippen LogP contribution in [0.4, 0.5) is 0 Å². The first-order chi connectivity index (χ1) is 9.05. The highest BCUT2D eigenvalue weighted by atomic mass is 32.2. The minimum atomic E-state index is -0.557. The number of hydrogen-bond acceptors (Lipinski definition) is 4. The molecule has 0 aromatic carbocycles. The summed E-state index contributed by atoms with van der Waals surface area (Å²) in [5.41, 5.74) is 1.89. The highest BCUT2D eigenvalue weighted by Gasteiger charge is 2.33. The molecule has 0 N–H and O–H groups in total. The monoisotopic (exact) mass is 296 g/mol. The molecule has 19 heavy (non-hydrogen) atoms. The largest absolute Gasteiger partial charge is 0.465 e. The van der Waals surface area contributed by atoms with Crippen molar-refractivity contribution in [2.75, 3.05) is 18.1 Å². The maximum atomic E-state index is 12.0. The van der Waals surface area contributed by atoms with Gasteiger partial charge in [-0.2, -0.15) is 0 Å². The van der Waals surface area contributed by atoms with Gasteiger partial charge in [-0.15, -0.1) is 23.5 Å². The van der Waals surface area contributed by atoms with Gasteiger partial charge in [0, 0.05) is 15.7 Å². The summed E-state index contributed by atoms with van der Waals surface area (Å²) in [7, 11) is 0. The first-order valence-electron chi connectivity index (χ1n) is 6.60. The first-order valence-corrected chi connectivity index (χ1v) is 8.57. The predicted molar refractivity (Wildman–Crippen MR) is 84.2 cm³/mol. The molecule has 0 bridgehead atoms. The molecule has 0 radical (unpaired) electrons. The van der Waals surface area contributed by atoms with Crippen LogP contribution >= 0.6 is 23.5 Å². The molecule has 1 aliphatic carbocycles. The van der Waals surface area contributed by atoms with Crippen LogP contribution < -0.4 is 0 Å².